The van der Waals surface area contributed by atoms with Gasteiger partial charge in [-0.25, -0.2) is 13.4 Å². The van der Waals surface area contributed by atoms with Gasteiger partial charge in [0.1, 0.15) is 5.75 Å². The third-order valence-electron chi connectivity index (χ3n) is 6.39. The zero-order valence-electron chi connectivity index (χ0n) is 21.7. The summed E-state index contributed by atoms with van der Waals surface area (Å²) in [6.45, 7) is 6.84. The van der Waals surface area contributed by atoms with E-state index in [1.807, 2.05) is 44.1 Å². The van der Waals surface area contributed by atoms with Crippen molar-refractivity contribution in [1.82, 2.24) is 14.2 Å². The Kier molecular flexibility index (Phi) is 9.93. The third-order valence-corrected chi connectivity index (χ3v) is 9.34. The zero-order valence-corrected chi connectivity index (χ0v) is 24.2. The van der Waals surface area contributed by atoms with E-state index < -0.39 is 10.0 Å². The predicted molar refractivity (Wildman–Crippen MR) is 152 cm³/mol. The van der Waals surface area contributed by atoms with Gasteiger partial charge in [0.25, 0.3) is 5.91 Å². The average Bonchev–Trinajstić information content (AvgIpc) is 3.27. The molecule has 0 atom stereocenters. The number of halogens is 1. The summed E-state index contributed by atoms with van der Waals surface area (Å²) in [4.78, 5) is 22.2. The van der Waals surface area contributed by atoms with Gasteiger partial charge >= 0.3 is 0 Å². The van der Waals surface area contributed by atoms with Crippen molar-refractivity contribution in [2.45, 2.75) is 31.6 Å². The normalized spacial score (nSPS) is 15.1. The van der Waals surface area contributed by atoms with Crippen molar-refractivity contribution in [2.24, 2.45) is 5.92 Å². The minimum absolute atomic E-state index is 0. The molecule has 0 aliphatic carbocycles. The summed E-state index contributed by atoms with van der Waals surface area (Å²) in [5.74, 6) is 1.10. The minimum atomic E-state index is -3.57. The molecule has 37 heavy (non-hydrogen) atoms. The number of carbonyl (C=O) groups is 1. The molecule has 3 aromatic rings. The number of likely N-dealkylation sites (N-methyl/N-ethyl adjacent to an activating group) is 1. The van der Waals surface area contributed by atoms with Crippen molar-refractivity contribution in [3.05, 3.63) is 48.0 Å². The Balaban J connectivity index is 0.00000380. The van der Waals surface area contributed by atoms with Crippen LogP contribution >= 0.6 is 23.7 Å². The van der Waals surface area contributed by atoms with Gasteiger partial charge in [0, 0.05) is 31.7 Å². The Morgan fingerprint density at radius 1 is 1.11 bits per heavy atom. The molecule has 2 heterocycles. The lowest BCUT2D eigenvalue weighted by molar-refractivity contribution is 0.0985. The van der Waals surface area contributed by atoms with Crippen LogP contribution < -0.4 is 9.64 Å². The first kappa shape index (κ1) is 29.3. The number of hydrogen-bond donors (Lipinski definition) is 0. The molecule has 0 unspecified atom stereocenters. The van der Waals surface area contributed by atoms with Crippen molar-refractivity contribution < 1.29 is 17.9 Å². The van der Waals surface area contributed by atoms with E-state index in [2.05, 4.69) is 6.92 Å². The van der Waals surface area contributed by atoms with Gasteiger partial charge in [0.2, 0.25) is 10.0 Å². The minimum Gasteiger partial charge on any atom is -0.494 e. The first-order valence-electron chi connectivity index (χ1n) is 12.3. The van der Waals surface area contributed by atoms with Crippen molar-refractivity contribution in [3.63, 3.8) is 0 Å². The van der Waals surface area contributed by atoms with Gasteiger partial charge in [-0.05, 0) is 82.2 Å². The van der Waals surface area contributed by atoms with Crippen molar-refractivity contribution in [3.8, 4) is 5.75 Å². The summed E-state index contributed by atoms with van der Waals surface area (Å²) in [7, 11) is 0.341. The molecule has 0 saturated carbocycles. The zero-order chi connectivity index (χ0) is 25.9. The summed E-state index contributed by atoms with van der Waals surface area (Å²) < 4.78 is 34.3. The molecule has 0 bridgehead atoms. The van der Waals surface area contributed by atoms with Crippen LogP contribution in [-0.4, -0.2) is 75.4 Å². The number of piperidine rings is 1. The third kappa shape index (κ3) is 6.80. The molecule has 202 valence electrons. The molecule has 4 rings (SSSR count). The van der Waals surface area contributed by atoms with E-state index in [9.17, 15) is 13.2 Å². The summed E-state index contributed by atoms with van der Waals surface area (Å²) in [5, 5.41) is 0.602. The molecule has 1 aromatic heterocycles. The van der Waals surface area contributed by atoms with Crippen LogP contribution in [0.3, 0.4) is 0 Å². The van der Waals surface area contributed by atoms with Gasteiger partial charge in [0.15, 0.2) is 5.13 Å². The monoisotopic (exact) mass is 566 g/mol. The van der Waals surface area contributed by atoms with Gasteiger partial charge in [-0.2, -0.15) is 4.31 Å². The van der Waals surface area contributed by atoms with E-state index in [1.165, 1.54) is 23.5 Å². The summed E-state index contributed by atoms with van der Waals surface area (Å²) in [6.07, 6.45) is 1.73. The number of fused-ring (bicyclic) bond motifs is 1. The molecule has 1 aliphatic heterocycles. The Labute approximate surface area is 229 Å². The number of aromatic nitrogens is 1. The average molecular weight is 567 g/mol. The van der Waals surface area contributed by atoms with Crippen molar-refractivity contribution in [1.29, 1.82) is 0 Å². The molecule has 1 fully saturated rings. The Bertz CT molecular complexity index is 1300. The Hall–Kier alpha value is -2.24. The maximum atomic E-state index is 13.6. The van der Waals surface area contributed by atoms with E-state index in [0.717, 1.165) is 28.8 Å². The van der Waals surface area contributed by atoms with E-state index in [1.54, 1.807) is 21.3 Å². The summed E-state index contributed by atoms with van der Waals surface area (Å²) >= 11 is 1.44. The van der Waals surface area contributed by atoms with E-state index in [4.69, 9.17) is 9.72 Å². The molecule has 0 radical (unpaired) electrons. The highest BCUT2D eigenvalue weighted by Gasteiger charge is 2.29. The highest BCUT2D eigenvalue weighted by Crippen LogP contribution is 2.32. The van der Waals surface area contributed by atoms with Crippen LogP contribution in [0, 0.1) is 5.92 Å². The number of ether oxygens (including phenoxy) is 1. The largest absolute Gasteiger partial charge is 0.494 e. The lowest BCUT2D eigenvalue weighted by Crippen LogP contribution is -2.38. The topological polar surface area (TPSA) is 83.0 Å². The molecular formula is C26H35ClN4O4S2. The molecule has 8 nitrogen and oxygen atoms in total. The molecular weight excluding hydrogens is 532 g/mol. The first-order valence-corrected chi connectivity index (χ1v) is 14.5. The SMILES string of the molecule is CCOc1ccc2nc(N(CCN(C)C)C(=O)c3ccc(S(=O)(=O)N4CCC(C)CC4)cc3)sc2c1.Cl. The smallest absolute Gasteiger partial charge is 0.260 e. The van der Waals surface area contributed by atoms with Gasteiger partial charge in [0.05, 0.1) is 21.7 Å². The standard InChI is InChI=1S/C26H34N4O4S2.ClH/c1-5-34-21-8-11-23-24(18-21)35-26(27-23)30(17-16-28(3)4)25(31)20-6-9-22(10-7-20)36(32,33)29-14-12-19(2)13-15-29;/h6-11,18-19H,5,12-17H2,1-4H3;1H. The highest BCUT2D eigenvalue weighted by molar-refractivity contribution is 7.89. The quantitative estimate of drug-likeness (QED) is 0.372. The molecule has 11 heteroatoms. The molecule has 0 spiro atoms. The Morgan fingerprint density at radius 3 is 2.41 bits per heavy atom. The number of hydrogen-bond acceptors (Lipinski definition) is 7. The van der Waals surface area contributed by atoms with E-state index >= 15 is 0 Å². The fraction of sp³-hybridized carbons (Fsp3) is 0.462. The van der Waals surface area contributed by atoms with Crippen molar-refractivity contribution in [2.75, 3.05) is 51.8 Å². The Morgan fingerprint density at radius 2 is 1.78 bits per heavy atom. The molecule has 1 aliphatic rings. The summed E-state index contributed by atoms with van der Waals surface area (Å²) in [6, 6.07) is 12.0. The predicted octanol–water partition coefficient (Wildman–Crippen LogP) is 4.75. The molecule has 0 N–H and O–H groups in total. The second-order valence-corrected chi connectivity index (χ2v) is 12.4. The lowest BCUT2D eigenvalue weighted by atomic mass is 10.0. The van der Waals surface area contributed by atoms with Gasteiger partial charge in [-0.1, -0.05) is 18.3 Å². The van der Waals surface area contributed by atoms with E-state index in [-0.39, 0.29) is 23.2 Å². The maximum absolute atomic E-state index is 13.6. The van der Waals surface area contributed by atoms with Crippen LogP contribution in [0.15, 0.2) is 47.4 Å². The maximum Gasteiger partial charge on any atom is 0.260 e. The van der Waals surface area contributed by atoms with Crippen LogP contribution in [-0.2, 0) is 10.0 Å². The number of benzene rings is 2. The van der Waals surface area contributed by atoms with Crippen LogP contribution in [0.2, 0.25) is 0 Å². The van der Waals surface area contributed by atoms with Crippen LogP contribution in [0.5, 0.6) is 5.75 Å². The molecule has 2 aromatic carbocycles. The van der Waals surface area contributed by atoms with Crippen LogP contribution in [0.4, 0.5) is 5.13 Å². The summed E-state index contributed by atoms with van der Waals surface area (Å²) in [5.41, 5.74) is 1.23. The van der Waals surface area contributed by atoms with E-state index in [0.29, 0.717) is 49.4 Å². The van der Waals surface area contributed by atoms with Crippen molar-refractivity contribution >= 4 is 55.0 Å². The number of thiazole rings is 1. The number of nitrogens with zero attached hydrogens (tertiary/aromatic N) is 4. The van der Waals surface area contributed by atoms with Gasteiger partial charge in [-0.3, -0.25) is 9.69 Å². The number of anilines is 1. The number of rotatable bonds is 9. The second kappa shape index (κ2) is 12.5. The number of sulfonamides is 1. The highest BCUT2D eigenvalue weighted by atomic mass is 35.5. The van der Waals surface area contributed by atoms with Gasteiger partial charge in [-0.15, -0.1) is 12.4 Å². The van der Waals surface area contributed by atoms with Gasteiger partial charge < -0.3 is 9.64 Å². The fourth-order valence-electron chi connectivity index (χ4n) is 4.15. The first-order chi connectivity index (χ1) is 17.2. The van der Waals surface area contributed by atoms with Crippen LogP contribution in [0.1, 0.15) is 37.0 Å². The second-order valence-electron chi connectivity index (χ2n) is 9.43. The number of amides is 1. The number of carbonyl (C=O) groups excluding carboxylic acids is 1. The fourth-order valence-corrected chi connectivity index (χ4v) is 6.64. The molecule has 1 saturated heterocycles. The molecule has 1 amide bonds. The van der Waals surface area contributed by atoms with Crippen LogP contribution in [0.25, 0.3) is 10.2 Å². The lowest BCUT2D eigenvalue weighted by Gasteiger charge is -2.29.